The van der Waals surface area contributed by atoms with Crippen molar-refractivity contribution in [2.75, 3.05) is 21.3 Å². The highest BCUT2D eigenvalue weighted by atomic mass is 16.5. The van der Waals surface area contributed by atoms with Gasteiger partial charge in [-0.05, 0) is 23.8 Å². The lowest BCUT2D eigenvalue weighted by atomic mass is 10.1. The zero-order valence-electron chi connectivity index (χ0n) is 13.9. The fourth-order valence-electron chi connectivity index (χ4n) is 2.12. The molecule has 0 aliphatic heterocycles. The van der Waals surface area contributed by atoms with E-state index in [1.807, 2.05) is 12.1 Å². The van der Waals surface area contributed by atoms with Gasteiger partial charge in [0.2, 0.25) is 5.91 Å². The Morgan fingerprint density at radius 1 is 1.12 bits per heavy atom. The highest BCUT2D eigenvalue weighted by molar-refractivity contribution is 5.91. The Morgan fingerprint density at radius 2 is 1.83 bits per heavy atom. The van der Waals surface area contributed by atoms with Crippen molar-refractivity contribution >= 4 is 12.0 Å². The summed E-state index contributed by atoms with van der Waals surface area (Å²) in [5.74, 6) is 1.55. The summed E-state index contributed by atoms with van der Waals surface area (Å²) >= 11 is 0. The predicted octanol–water partition coefficient (Wildman–Crippen LogP) is 2.44. The molecule has 1 N–H and O–H groups in total. The Labute approximate surface area is 141 Å². The third kappa shape index (κ3) is 4.49. The van der Waals surface area contributed by atoms with Gasteiger partial charge >= 0.3 is 0 Å². The van der Waals surface area contributed by atoms with Gasteiger partial charge in [0, 0.05) is 36.6 Å². The van der Waals surface area contributed by atoms with Crippen molar-refractivity contribution in [2.24, 2.45) is 0 Å². The first-order chi connectivity index (χ1) is 11.7. The van der Waals surface area contributed by atoms with E-state index in [1.54, 1.807) is 51.9 Å². The number of hydrogen-bond donors (Lipinski definition) is 1. The zero-order chi connectivity index (χ0) is 17.4. The summed E-state index contributed by atoms with van der Waals surface area (Å²) in [5.41, 5.74) is 1.65. The quantitative estimate of drug-likeness (QED) is 0.791. The first kappa shape index (κ1) is 17.3. The predicted molar refractivity (Wildman–Crippen MR) is 91.2 cm³/mol. The largest absolute Gasteiger partial charge is 0.496 e. The second-order valence-electron chi connectivity index (χ2n) is 4.86. The molecule has 6 nitrogen and oxygen atoms in total. The number of ether oxygens (including phenoxy) is 3. The van der Waals surface area contributed by atoms with E-state index in [2.05, 4.69) is 10.3 Å². The summed E-state index contributed by atoms with van der Waals surface area (Å²) in [7, 11) is 4.68. The molecular formula is C18H20N2O4. The van der Waals surface area contributed by atoms with E-state index in [1.165, 1.54) is 6.08 Å². The van der Waals surface area contributed by atoms with Gasteiger partial charge in [-0.2, -0.15) is 0 Å². The minimum atomic E-state index is -0.212. The molecule has 126 valence electrons. The Morgan fingerprint density at radius 3 is 2.46 bits per heavy atom. The molecule has 0 saturated heterocycles. The van der Waals surface area contributed by atoms with E-state index in [9.17, 15) is 4.79 Å². The molecule has 6 heteroatoms. The van der Waals surface area contributed by atoms with Crippen molar-refractivity contribution in [3.05, 3.63) is 53.9 Å². The maximum atomic E-state index is 12.0. The normalized spacial score (nSPS) is 10.5. The standard InChI is InChI=1S/C18H20N2O4/c1-22-15-10-17(24-3)16(23-2)9-14(15)12-20-18(21)7-6-13-5-4-8-19-11-13/h4-11H,12H2,1-3H3,(H,20,21)/b7-6+. The molecule has 0 unspecified atom stereocenters. The maximum Gasteiger partial charge on any atom is 0.244 e. The number of aromatic nitrogens is 1. The number of carbonyl (C=O) groups excluding carboxylic acids is 1. The third-order valence-electron chi connectivity index (χ3n) is 3.35. The number of carbonyl (C=O) groups is 1. The second kappa shape index (κ2) is 8.57. The average molecular weight is 328 g/mol. The molecule has 1 aromatic heterocycles. The minimum Gasteiger partial charge on any atom is -0.496 e. The van der Waals surface area contributed by atoms with Crippen LogP contribution in [0.3, 0.4) is 0 Å². The van der Waals surface area contributed by atoms with Crippen LogP contribution in [0.1, 0.15) is 11.1 Å². The topological polar surface area (TPSA) is 69.7 Å². The molecule has 24 heavy (non-hydrogen) atoms. The van der Waals surface area contributed by atoms with Crippen LogP contribution in [0.15, 0.2) is 42.7 Å². The molecule has 0 bridgehead atoms. The molecule has 1 amide bonds. The lowest BCUT2D eigenvalue weighted by Gasteiger charge is -2.14. The molecule has 1 heterocycles. The van der Waals surface area contributed by atoms with Crippen molar-refractivity contribution < 1.29 is 19.0 Å². The average Bonchev–Trinajstić information content (AvgIpc) is 2.64. The van der Waals surface area contributed by atoms with Crippen LogP contribution in [0.25, 0.3) is 6.08 Å². The fourth-order valence-corrected chi connectivity index (χ4v) is 2.12. The molecule has 0 spiro atoms. The van der Waals surface area contributed by atoms with Crippen LogP contribution in [0, 0.1) is 0 Å². The van der Waals surface area contributed by atoms with Crippen LogP contribution in [0.4, 0.5) is 0 Å². The van der Waals surface area contributed by atoms with Gasteiger partial charge in [0.05, 0.1) is 21.3 Å². The summed E-state index contributed by atoms with van der Waals surface area (Å²) < 4.78 is 15.8. The molecule has 0 aliphatic rings. The van der Waals surface area contributed by atoms with E-state index in [4.69, 9.17) is 14.2 Å². The lowest BCUT2D eigenvalue weighted by Crippen LogP contribution is -2.20. The van der Waals surface area contributed by atoms with Gasteiger partial charge < -0.3 is 19.5 Å². The van der Waals surface area contributed by atoms with Crippen molar-refractivity contribution in [2.45, 2.75) is 6.54 Å². The van der Waals surface area contributed by atoms with Crippen LogP contribution in [-0.4, -0.2) is 32.2 Å². The minimum absolute atomic E-state index is 0.212. The van der Waals surface area contributed by atoms with Gasteiger partial charge in [-0.25, -0.2) is 0 Å². The Hall–Kier alpha value is -3.02. The highest BCUT2D eigenvalue weighted by Gasteiger charge is 2.12. The fraction of sp³-hybridized carbons (Fsp3) is 0.222. The van der Waals surface area contributed by atoms with E-state index in [0.29, 0.717) is 23.8 Å². The smallest absolute Gasteiger partial charge is 0.244 e. The Balaban J connectivity index is 2.05. The zero-order valence-corrected chi connectivity index (χ0v) is 13.9. The number of amides is 1. The number of methoxy groups -OCH3 is 3. The molecule has 1 aromatic carbocycles. The van der Waals surface area contributed by atoms with Gasteiger partial charge in [0.25, 0.3) is 0 Å². The lowest BCUT2D eigenvalue weighted by molar-refractivity contribution is -0.116. The number of benzene rings is 1. The molecule has 0 atom stereocenters. The highest BCUT2D eigenvalue weighted by Crippen LogP contribution is 2.34. The SMILES string of the molecule is COc1cc(OC)c(OC)cc1CNC(=O)/C=C/c1cccnc1. The third-order valence-corrected chi connectivity index (χ3v) is 3.35. The first-order valence-corrected chi connectivity index (χ1v) is 7.32. The Kier molecular flexibility index (Phi) is 6.19. The van der Waals surface area contributed by atoms with Gasteiger partial charge in [-0.1, -0.05) is 6.07 Å². The monoisotopic (exact) mass is 328 g/mol. The van der Waals surface area contributed by atoms with E-state index in [-0.39, 0.29) is 5.91 Å². The van der Waals surface area contributed by atoms with Crippen LogP contribution >= 0.6 is 0 Å². The molecule has 0 fully saturated rings. The molecule has 2 aromatic rings. The van der Waals surface area contributed by atoms with Gasteiger partial charge in [-0.15, -0.1) is 0 Å². The first-order valence-electron chi connectivity index (χ1n) is 7.32. The van der Waals surface area contributed by atoms with Gasteiger partial charge in [-0.3, -0.25) is 9.78 Å². The summed E-state index contributed by atoms with van der Waals surface area (Å²) in [6.07, 6.45) is 6.53. The molecule has 0 radical (unpaired) electrons. The van der Waals surface area contributed by atoms with Crippen LogP contribution in [-0.2, 0) is 11.3 Å². The van der Waals surface area contributed by atoms with Gasteiger partial charge in [0.15, 0.2) is 11.5 Å². The second-order valence-corrected chi connectivity index (χ2v) is 4.86. The Bertz CT molecular complexity index is 714. The van der Waals surface area contributed by atoms with Crippen molar-refractivity contribution in [1.82, 2.24) is 10.3 Å². The number of nitrogens with zero attached hydrogens (tertiary/aromatic N) is 1. The number of pyridine rings is 1. The number of hydrogen-bond acceptors (Lipinski definition) is 5. The molecular weight excluding hydrogens is 308 g/mol. The summed E-state index contributed by atoms with van der Waals surface area (Å²) in [6, 6.07) is 7.19. The molecule has 0 aliphatic carbocycles. The van der Waals surface area contributed by atoms with Crippen molar-refractivity contribution in [3.63, 3.8) is 0 Å². The van der Waals surface area contributed by atoms with Crippen LogP contribution in [0.5, 0.6) is 17.2 Å². The van der Waals surface area contributed by atoms with Crippen molar-refractivity contribution in [1.29, 1.82) is 0 Å². The maximum absolute atomic E-state index is 12.0. The van der Waals surface area contributed by atoms with Crippen LogP contribution < -0.4 is 19.5 Å². The number of nitrogens with one attached hydrogen (secondary N) is 1. The number of rotatable bonds is 7. The van der Waals surface area contributed by atoms with E-state index < -0.39 is 0 Å². The summed E-state index contributed by atoms with van der Waals surface area (Å²) in [6.45, 7) is 0.305. The molecule has 2 rings (SSSR count). The van der Waals surface area contributed by atoms with E-state index in [0.717, 1.165) is 11.1 Å². The van der Waals surface area contributed by atoms with E-state index >= 15 is 0 Å². The van der Waals surface area contributed by atoms with Crippen LogP contribution in [0.2, 0.25) is 0 Å². The van der Waals surface area contributed by atoms with Gasteiger partial charge in [0.1, 0.15) is 5.75 Å². The summed E-state index contributed by atoms with van der Waals surface area (Å²) in [5, 5.41) is 2.81. The van der Waals surface area contributed by atoms with Crippen molar-refractivity contribution in [3.8, 4) is 17.2 Å². The molecule has 0 saturated carbocycles. The summed E-state index contributed by atoms with van der Waals surface area (Å²) in [4.78, 5) is 15.9.